The minimum absolute atomic E-state index is 0. The number of aliphatic hydroxyl groups excluding tert-OH is 1. The molecule has 0 unspecified atom stereocenters. The van der Waals surface area contributed by atoms with Crippen molar-refractivity contribution in [2.75, 3.05) is 7.11 Å². The van der Waals surface area contributed by atoms with Gasteiger partial charge in [-0.1, -0.05) is 0 Å². The molecule has 0 fully saturated rings. The lowest BCUT2D eigenvalue weighted by Crippen LogP contribution is -2.24. The maximum absolute atomic E-state index is 12.8. The molecule has 7 nitrogen and oxygen atoms in total. The van der Waals surface area contributed by atoms with Gasteiger partial charge in [-0.2, -0.15) is 0 Å². The lowest BCUT2D eigenvalue weighted by Gasteiger charge is -2.19. The van der Waals surface area contributed by atoms with Crippen molar-refractivity contribution in [3.8, 4) is 0 Å². The summed E-state index contributed by atoms with van der Waals surface area (Å²) in [4.78, 5) is 11.4. The Kier molecular flexibility index (Phi) is 23.4. The number of benzene rings is 2. The number of nitrogens with two attached hydrogens (primary N) is 1. The monoisotopic (exact) mass is 520 g/mol. The van der Waals surface area contributed by atoms with E-state index < -0.39 is 34.8 Å². The van der Waals surface area contributed by atoms with Gasteiger partial charge < -0.3 is 9.84 Å². The molecule has 0 aromatic heterocycles. The third-order valence-electron chi connectivity index (χ3n) is 2.92. The first-order valence-corrected chi connectivity index (χ1v) is 8.73. The zero-order valence-electron chi connectivity index (χ0n) is 18.5. The first-order chi connectivity index (χ1) is 14.5. The molecule has 6 N–H and O–H groups in total. The van der Waals surface area contributed by atoms with Crippen LogP contribution in [0.3, 0.4) is 0 Å². The summed E-state index contributed by atoms with van der Waals surface area (Å²) < 4.78 is 55.6. The van der Waals surface area contributed by atoms with Gasteiger partial charge in [0.1, 0.15) is 28.9 Å². The highest BCUT2D eigenvalue weighted by atomic mass is 35.5. The lowest BCUT2D eigenvalue weighted by molar-refractivity contribution is -0.153. The van der Waals surface area contributed by atoms with Gasteiger partial charge in [-0.25, -0.2) is 28.6 Å². The Morgan fingerprint density at radius 3 is 1.52 bits per heavy atom. The normalized spacial score (nSPS) is 9.15. The summed E-state index contributed by atoms with van der Waals surface area (Å²) in [5.74, 6) is 1.90. The SMILES string of the molecule is CC(C)(C)OC(=O)Cc1cc(F)cc(F)c1.CO.Cl.Cl.N=N.NNCc1cc(F)cc(F)c1. The topological polar surface area (TPSA) is 132 Å². The predicted octanol–water partition coefficient (Wildman–Crippen LogP) is 4.83. The summed E-state index contributed by atoms with van der Waals surface area (Å²) in [5.41, 5.74) is 12.5. The number of hydrazine groups is 1. The highest BCUT2D eigenvalue weighted by molar-refractivity contribution is 5.85. The molecule has 2 rings (SSSR count). The first-order valence-electron chi connectivity index (χ1n) is 8.73. The number of hydrogen-bond acceptors (Lipinski definition) is 7. The zero-order chi connectivity index (χ0) is 24.6. The van der Waals surface area contributed by atoms with E-state index in [-0.39, 0.29) is 43.3 Å². The van der Waals surface area contributed by atoms with Gasteiger partial charge in [-0.15, -0.1) is 24.8 Å². The molecule has 2 aromatic rings. The highest BCUT2D eigenvalue weighted by Crippen LogP contribution is 2.12. The third kappa shape index (κ3) is 20.1. The van der Waals surface area contributed by atoms with Crippen molar-refractivity contribution in [1.82, 2.24) is 5.43 Å². The third-order valence-corrected chi connectivity index (χ3v) is 2.92. The molecular formula is C20H30Cl2F4N4O3. The predicted molar refractivity (Wildman–Crippen MR) is 121 cm³/mol. The molecule has 0 atom stereocenters. The van der Waals surface area contributed by atoms with Crippen LogP contribution in [-0.2, 0) is 22.5 Å². The summed E-state index contributed by atoms with van der Waals surface area (Å²) in [6.45, 7) is 5.46. The summed E-state index contributed by atoms with van der Waals surface area (Å²) in [6, 6.07) is 6.27. The fourth-order valence-electron chi connectivity index (χ4n) is 2.09. The van der Waals surface area contributed by atoms with Gasteiger partial charge >= 0.3 is 5.97 Å². The Morgan fingerprint density at radius 1 is 0.879 bits per heavy atom. The number of aliphatic hydroxyl groups is 1. The zero-order valence-corrected chi connectivity index (χ0v) is 20.2. The van der Waals surface area contributed by atoms with Crippen LogP contribution >= 0.6 is 24.8 Å². The number of carbonyl (C=O) groups excluding carboxylic acids is 1. The molecule has 0 saturated heterocycles. The van der Waals surface area contributed by atoms with E-state index in [1.54, 1.807) is 20.8 Å². The maximum atomic E-state index is 12.8. The molecule has 33 heavy (non-hydrogen) atoms. The number of rotatable bonds is 4. The van der Waals surface area contributed by atoms with Crippen LogP contribution in [0.2, 0.25) is 0 Å². The van der Waals surface area contributed by atoms with Gasteiger partial charge in [0.05, 0.1) is 6.42 Å². The second-order valence-corrected chi connectivity index (χ2v) is 6.70. The molecule has 0 aliphatic rings. The van der Waals surface area contributed by atoms with Crippen LogP contribution in [0.4, 0.5) is 17.6 Å². The second kappa shape index (κ2) is 20.3. The van der Waals surface area contributed by atoms with Crippen molar-refractivity contribution in [3.63, 3.8) is 0 Å². The number of esters is 1. The van der Waals surface area contributed by atoms with Crippen molar-refractivity contribution in [2.45, 2.75) is 39.3 Å². The Labute approximate surface area is 202 Å². The minimum atomic E-state index is -0.696. The van der Waals surface area contributed by atoms with Gasteiger partial charge in [0.2, 0.25) is 0 Å². The fourth-order valence-corrected chi connectivity index (χ4v) is 2.09. The van der Waals surface area contributed by atoms with Crippen molar-refractivity contribution < 1.29 is 32.2 Å². The van der Waals surface area contributed by atoms with E-state index in [0.717, 1.165) is 31.4 Å². The number of ether oxygens (including phenoxy) is 1. The van der Waals surface area contributed by atoms with Crippen LogP contribution in [0.25, 0.3) is 0 Å². The molecule has 0 amide bonds. The van der Waals surface area contributed by atoms with E-state index in [4.69, 9.17) is 26.7 Å². The van der Waals surface area contributed by atoms with Crippen LogP contribution in [0, 0.1) is 34.3 Å². The smallest absolute Gasteiger partial charge is 0.310 e. The van der Waals surface area contributed by atoms with E-state index in [1.165, 1.54) is 12.1 Å². The Morgan fingerprint density at radius 2 is 1.21 bits per heavy atom. The van der Waals surface area contributed by atoms with E-state index in [2.05, 4.69) is 5.43 Å². The Bertz CT molecular complexity index is 773. The largest absolute Gasteiger partial charge is 0.460 e. The molecule has 0 aliphatic carbocycles. The van der Waals surface area contributed by atoms with Crippen LogP contribution in [0.1, 0.15) is 31.9 Å². The Hall–Kier alpha value is -2.31. The van der Waals surface area contributed by atoms with Gasteiger partial charge in [0.25, 0.3) is 0 Å². The molecule has 0 spiro atoms. The molecule has 190 valence electrons. The summed E-state index contributed by atoms with van der Waals surface area (Å²) >= 11 is 0. The minimum Gasteiger partial charge on any atom is -0.460 e. The Balaban J connectivity index is -0.000000218. The molecule has 2 aromatic carbocycles. The van der Waals surface area contributed by atoms with Gasteiger partial charge in [-0.05, 0) is 56.2 Å². The summed E-state index contributed by atoms with van der Waals surface area (Å²) in [7, 11) is 1.00. The quantitative estimate of drug-likeness (QED) is 0.129. The number of hydrogen-bond donors (Lipinski definition) is 5. The number of halogens is 6. The molecule has 0 saturated carbocycles. The van der Waals surface area contributed by atoms with Gasteiger partial charge in [0, 0.05) is 25.8 Å². The van der Waals surface area contributed by atoms with E-state index in [1.807, 2.05) is 0 Å². The molecule has 0 bridgehead atoms. The van der Waals surface area contributed by atoms with E-state index in [9.17, 15) is 22.4 Å². The highest BCUT2D eigenvalue weighted by Gasteiger charge is 2.16. The molecule has 13 heteroatoms. The summed E-state index contributed by atoms with van der Waals surface area (Å²) in [5, 5.41) is 7.00. The standard InChI is InChI=1S/C12H14F2O2.C7H8F2N2.CH4O.2ClH.H2N2/c1-12(2,3)16-11(15)6-8-4-9(13)7-10(14)5-8;8-6-1-5(4-11-10)2-7(9)3-6;1-2;;;1-2/h4-5,7H,6H2,1-3H3;1-3,11H,4,10H2;2H,1H3;2*1H;1-2H. The number of nitrogens with one attached hydrogen (secondary N) is 3. The van der Waals surface area contributed by atoms with Crippen LogP contribution in [0.15, 0.2) is 36.4 Å². The fraction of sp³-hybridized carbons (Fsp3) is 0.350. The van der Waals surface area contributed by atoms with E-state index >= 15 is 0 Å². The van der Waals surface area contributed by atoms with Gasteiger partial charge in [0.15, 0.2) is 0 Å². The molecular weight excluding hydrogens is 491 g/mol. The van der Waals surface area contributed by atoms with Crippen LogP contribution in [-0.4, -0.2) is 23.8 Å². The van der Waals surface area contributed by atoms with E-state index in [0.29, 0.717) is 5.56 Å². The van der Waals surface area contributed by atoms with Crippen LogP contribution in [0.5, 0.6) is 0 Å². The average Bonchev–Trinajstić information content (AvgIpc) is 2.62. The van der Waals surface area contributed by atoms with Crippen molar-refractivity contribution in [3.05, 3.63) is 70.8 Å². The average molecular weight is 521 g/mol. The molecule has 0 aliphatic heterocycles. The lowest BCUT2D eigenvalue weighted by atomic mass is 10.1. The van der Waals surface area contributed by atoms with Gasteiger partial charge in [-0.3, -0.25) is 16.1 Å². The first kappa shape index (κ1) is 38.0. The van der Waals surface area contributed by atoms with Crippen molar-refractivity contribution in [2.24, 2.45) is 5.84 Å². The molecule has 0 heterocycles. The van der Waals surface area contributed by atoms with Crippen LogP contribution < -0.4 is 11.3 Å². The van der Waals surface area contributed by atoms with Crippen molar-refractivity contribution >= 4 is 30.8 Å². The maximum Gasteiger partial charge on any atom is 0.310 e. The number of carbonyl (C=O) groups is 1. The molecule has 0 radical (unpaired) electrons. The van der Waals surface area contributed by atoms with Crippen molar-refractivity contribution in [1.29, 1.82) is 11.1 Å². The second-order valence-electron chi connectivity index (χ2n) is 6.70. The summed E-state index contributed by atoms with van der Waals surface area (Å²) in [6.07, 6.45) is -0.133.